The summed E-state index contributed by atoms with van der Waals surface area (Å²) in [6.07, 6.45) is 2.64. The molecule has 0 aliphatic rings. The van der Waals surface area contributed by atoms with Gasteiger partial charge in [0.1, 0.15) is 0 Å². The maximum Gasteiger partial charge on any atom is -0.0564 e. The zero-order valence-electron chi connectivity index (χ0n) is 4.91. The normalized spacial score (nSPS) is 4.29. The molecule has 0 rings (SSSR count). The Morgan fingerprint density at radius 3 is 0.857 bits per heavy atom. The van der Waals surface area contributed by atoms with E-state index in [2.05, 4.69) is 13.8 Å². The van der Waals surface area contributed by atoms with Crippen LogP contribution in [0, 0.1) is 0 Å². The van der Waals surface area contributed by atoms with Crippen molar-refractivity contribution in [3.63, 3.8) is 0 Å². The molecule has 0 aromatic heterocycles. The number of hydrogen-bond donors (Lipinski definition) is 0. The quantitative estimate of drug-likeness (QED) is 0.430. The molecule has 6 N–H and O–H groups in total. The Labute approximate surface area is 44.3 Å². The minimum absolute atomic E-state index is 0. The number of unbranched alkanes of at least 4 members (excludes halogenated alkanes) is 1. The minimum atomic E-state index is 0. The Balaban J connectivity index is -0.0000000150. The van der Waals surface area contributed by atoms with E-state index in [1.807, 2.05) is 0 Å². The van der Waals surface area contributed by atoms with Crippen LogP contribution in [-0.2, 0) is 0 Å². The minimum Gasteiger partial charge on any atom is -0.412 e. The van der Waals surface area contributed by atoms with Crippen molar-refractivity contribution in [1.29, 1.82) is 0 Å². The smallest absolute Gasteiger partial charge is 0.0564 e. The molecule has 50 valence electrons. The Hall–Kier alpha value is -0.120. The summed E-state index contributed by atoms with van der Waals surface area (Å²) in [6, 6.07) is 0. The second kappa shape index (κ2) is 39.6. The van der Waals surface area contributed by atoms with Gasteiger partial charge in [-0.25, -0.2) is 0 Å². The lowest BCUT2D eigenvalue weighted by Crippen LogP contribution is -1.47. The molecule has 0 aliphatic heterocycles. The maximum absolute atomic E-state index is 2.18. The third kappa shape index (κ3) is 114. The van der Waals surface area contributed by atoms with Crippen molar-refractivity contribution in [2.75, 3.05) is 0 Å². The molecular formula is C4H16O3. The molecule has 0 saturated heterocycles. The summed E-state index contributed by atoms with van der Waals surface area (Å²) < 4.78 is 0. The molecule has 0 fully saturated rings. The molecule has 0 saturated carbocycles. The topological polar surface area (TPSA) is 94.5 Å². The number of rotatable bonds is 1. The fraction of sp³-hybridized carbons (Fsp3) is 1.00. The van der Waals surface area contributed by atoms with Crippen LogP contribution in [0.15, 0.2) is 0 Å². The average molecular weight is 112 g/mol. The van der Waals surface area contributed by atoms with Crippen molar-refractivity contribution in [3.05, 3.63) is 0 Å². The van der Waals surface area contributed by atoms with Gasteiger partial charge in [0.25, 0.3) is 0 Å². The van der Waals surface area contributed by atoms with Gasteiger partial charge in [-0.1, -0.05) is 26.7 Å². The van der Waals surface area contributed by atoms with E-state index in [0.29, 0.717) is 0 Å². The molecular weight excluding hydrogens is 96.0 g/mol. The molecule has 0 unspecified atom stereocenters. The monoisotopic (exact) mass is 112 g/mol. The maximum atomic E-state index is 2.18. The SMILES string of the molecule is CCCC.O.O.O. The Morgan fingerprint density at radius 2 is 0.857 bits per heavy atom. The lowest BCUT2D eigenvalue weighted by Gasteiger charge is -1.68. The summed E-state index contributed by atoms with van der Waals surface area (Å²) in [4.78, 5) is 0. The predicted molar refractivity (Wildman–Crippen MR) is 31.4 cm³/mol. The fourth-order valence-corrected chi connectivity index (χ4v) is 0. The van der Waals surface area contributed by atoms with E-state index in [1.54, 1.807) is 0 Å². The Kier molecular flexibility index (Phi) is 162. The highest BCUT2D eigenvalue weighted by atomic mass is 16.0. The second-order valence-electron chi connectivity index (χ2n) is 1.000. The molecule has 7 heavy (non-hydrogen) atoms. The molecule has 0 amide bonds. The fourth-order valence-electron chi connectivity index (χ4n) is 0. The highest BCUT2D eigenvalue weighted by Gasteiger charge is 1.56. The number of hydrogen-bond acceptors (Lipinski definition) is 0. The molecule has 0 aliphatic carbocycles. The van der Waals surface area contributed by atoms with E-state index in [1.165, 1.54) is 12.8 Å². The molecule has 0 heterocycles. The van der Waals surface area contributed by atoms with Crippen molar-refractivity contribution < 1.29 is 16.4 Å². The first-order valence-electron chi connectivity index (χ1n) is 1.91. The van der Waals surface area contributed by atoms with Gasteiger partial charge >= 0.3 is 0 Å². The molecule has 0 radical (unpaired) electrons. The van der Waals surface area contributed by atoms with Gasteiger partial charge in [0.05, 0.1) is 0 Å². The molecule has 0 spiro atoms. The van der Waals surface area contributed by atoms with Crippen molar-refractivity contribution in [3.8, 4) is 0 Å². The van der Waals surface area contributed by atoms with E-state index in [9.17, 15) is 0 Å². The van der Waals surface area contributed by atoms with Crippen LogP contribution in [0.5, 0.6) is 0 Å². The third-order valence-electron chi connectivity index (χ3n) is 0.500. The van der Waals surface area contributed by atoms with Gasteiger partial charge in [-0.05, 0) is 0 Å². The summed E-state index contributed by atoms with van der Waals surface area (Å²) in [6.45, 7) is 4.36. The van der Waals surface area contributed by atoms with Gasteiger partial charge in [0.15, 0.2) is 0 Å². The van der Waals surface area contributed by atoms with Crippen LogP contribution in [0.25, 0.3) is 0 Å². The van der Waals surface area contributed by atoms with Crippen LogP contribution in [0.4, 0.5) is 0 Å². The van der Waals surface area contributed by atoms with Crippen molar-refractivity contribution in [2.45, 2.75) is 26.7 Å². The van der Waals surface area contributed by atoms with Crippen LogP contribution in [0.2, 0.25) is 0 Å². The molecule has 3 nitrogen and oxygen atoms in total. The van der Waals surface area contributed by atoms with Crippen molar-refractivity contribution in [2.24, 2.45) is 0 Å². The van der Waals surface area contributed by atoms with Crippen LogP contribution in [0.1, 0.15) is 26.7 Å². The van der Waals surface area contributed by atoms with Crippen LogP contribution < -0.4 is 0 Å². The highest BCUT2D eigenvalue weighted by Crippen LogP contribution is 1.76. The summed E-state index contributed by atoms with van der Waals surface area (Å²) in [5, 5.41) is 0. The second-order valence-corrected chi connectivity index (χ2v) is 1.000. The highest BCUT2D eigenvalue weighted by molar-refractivity contribution is 4.12. The van der Waals surface area contributed by atoms with Gasteiger partial charge in [0.2, 0.25) is 0 Å². The molecule has 3 heteroatoms. The Morgan fingerprint density at radius 1 is 0.714 bits per heavy atom. The first-order chi connectivity index (χ1) is 1.91. The van der Waals surface area contributed by atoms with E-state index < -0.39 is 0 Å². The van der Waals surface area contributed by atoms with Gasteiger partial charge in [0, 0.05) is 0 Å². The van der Waals surface area contributed by atoms with Crippen LogP contribution in [0.3, 0.4) is 0 Å². The van der Waals surface area contributed by atoms with E-state index in [-0.39, 0.29) is 16.4 Å². The average Bonchev–Trinajstić information content (AvgIpc) is 1.37. The lowest BCUT2D eigenvalue weighted by molar-refractivity contribution is 0.823. The van der Waals surface area contributed by atoms with Crippen molar-refractivity contribution >= 4 is 0 Å². The Bertz CT molecular complexity index is 8.90. The predicted octanol–water partition coefficient (Wildman–Crippen LogP) is -0.668. The van der Waals surface area contributed by atoms with Crippen LogP contribution >= 0.6 is 0 Å². The summed E-state index contributed by atoms with van der Waals surface area (Å²) in [5.74, 6) is 0. The van der Waals surface area contributed by atoms with E-state index in [4.69, 9.17) is 0 Å². The van der Waals surface area contributed by atoms with Crippen LogP contribution in [-0.4, -0.2) is 16.4 Å². The zero-order valence-corrected chi connectivity index (χ0v) is 4.91. The van der Waals surface area contributed by atoms with E-state index in [0.717, 1.165) is 0 Å². The largest absolute Gasteiger partial charge is 0.412 e. The van der Waals surface area contributed by atoms with E-state index >= 15 is 0 Å². The van der Waals surface area contributed by atoms with Gasteiger partial charge in [-0.3, -0.25) is 0 Å². The van der Waals surface area contributed by atoms with Gasteiger partial charge in [-0.15, -0.1) is 0 Å². The molecule has 0 atom stereocenters. The standard InChI is InChI=1S/C4H10.3H2O/c1-3-4-2;;;/h3-4H2,1-2H3;3*1H2. The third-order valence-corrected chi connectivity index (χ3v) is 0.500. The summed E-state index contributed by atoms with van der Waals surface area (Å²) in [5.41, 5.74) is 0. The van der Waals surface area contributed by atoms with Gasteiger partial charge < -0.3 is 16.4 Å². The first kappa shape index (κ1) is 28.7. The summed E-state index contributed by atoms with van der Waals surface area (Å²) >= 11 is 0. The van der Waals surface area contributed by atoms with Gasteiger partial charge in [-0.2, -0.15) is 0 Å². The first-order valence-corrected chi connectivity index (χ1v) is 1.91. The summed E-state index contributed by atoms with van der Waals surface area (Å²) in [7, 11) is 0. The molecule has 0 bridgehead atoms. The lowest BCUT2D eigenvalue weighted by atomic mass is 10.4. The molecule has 0 aromatic rings. The molecule has 0 aromatic carbocycles. The van der Waals surface area contributed by atoms with Crippen molar-refractivity contribution in [1.82, 2.24) is 0 Å². The zero-order chi connectivity index (χ0) is 3.41.